The highest BCUT2D eigenvalue weighted by atomic mass is 32.1. The van der Waals surface area contributed by atoms with E-state index in [1.165, 1.54) is 22.3 Å². The van der Waals surface area contributed by atoms with Crippen molar-refractivity contribution in [1.82, 2.24) is 15.3 Å². The Labute approximate surface area is 206 Å². The first-order valence-electron chi connectivity index (χ1n) is 11.8. The van der Waals surface area contributed by atoms with Gasteiger partial charge in [0.2, 0.25) is 5.95 Å². The van der Waals surface area contributed by atoms with Crippen LogP contribution in [0, 0.1) is 6.92 Å². The number of hydrogen-bond acceptors (Lipinski definition) is 6. The Balaban J connectivity index is 1.34. The van der Waals surface area contributed by atoms with Crippen molar-refractivity contribution >= 4 is 34.9 Å². The number of nitrogens with one attached hydrogen (secondary N) is 2. The number of nitrogens with zero attached hydrogens (tertiary/aromatic N) is 4. The van der Waals surface area contributed by atoms with Gasteiger partial charge in [-0.15, -0.1) is 0 Å². The molecule has 0 saturated carbocycles. The molecule has 3 heterocycles. The topological polar surface area (TPSA) is 65.6 Å². The van der Waals surface area contributed by atoms with Gasteiger partial charge in [-0.25, -0.2) is 0 Å². The average Bonchev–Trinajstić information content (AvgIpc) is 2.88. The monoisotopic (exact) mass is 474 g/mol. The normalized spacial score (nSPS) is 15.6. The van der Waals surface area contributed by atoms with Crippen LogP contribution in [-0.4, -0.2) is 47.9 Å². The van der Waals surface area contributed by atoms with Crippen molar-refractivity contribution in [2.45, 2.75) is 26.4 Å². The number of thiocarbonyl (C=S) groups is 1. The lowest BCUT2D eigenvalue weighted by Crippen LogP contribution is -2.38. The maximum atomic E-state index is 5.56. The molecule has 2 aliphatic heterocycles. The number of rotatable bonds is 5. The molecule has 2 aliphatic rings. The molecule has 34 heavy (non-hydrogen) atoms. The third-order valence-electron chi connectivity index (χ3n) is 6.29. The molecule has 0 unspecified atom stereocenters. The minimum atomic E-state index is 0.509. The average molecular weight is 475 g/mol. The molecule has 1 aromatic heterocycles. The molecule has 2 N–H and O–H groups in total. The Morgan fingerprint density at radius 3 is 2.41 bits per heavy atom. The van der Waals surface area contributed by atoms with Crippen LogP contribution in [0.3, 0.4) is 0 Å². The fourth-order valence-electron chi connectivity index (χ4n) is 4.32. The van der Waals surface area contributed by atoms with Crippen LogP contribution in [0.5, 0.6) is 0 Å². The summed E-state index contributed by atoms with van der Waals surface area (Å²) in [7, 11) is 0. The first-order valence-corrected chi connectivity index (χ1v) is 12.2. The molecule has 0 spiro atoms. The van der Waals surface area contributed by atoms with E-state index in [0.717, 1.165) is 44.2 Å². The molecule has 2 aromatic carbocycles. The lowest BCUT2D eigenvalue weighted by molar-refractivity contribution is 0.122. The van der Waals surface area contributed by atoms with Gasteiger partial charge in [-0.1, -0.05) is 54.1 Å². The first-order chi connectivity index (χ1) is 16.6. The minimum absolute atomic E-state index is 0.509. The van der Waals surface area contributed by atoms with Gasteiger partial charge in [0.1, 0.15) is 11.6 Å². The van der Waals surface area contributed by atoms with E-state index in [2.05, 4.69) is 82.0 Å². The molecule has 0 amide bonds. The Morgan fingerprint density at radius 1 is 0.941 bits per heavy atom. The molecule has 176 valence electrons. The summed E-state index contributed by atoms with van der Waals surface area (Å²) in [5.74, 6) is 2.32. The number of ether oxygens (including phenoxy) is 1. The van der Waals surface area contributed by atoms with Crippen molar-refractivity contribution in [2.75, 3.05) is 48.0 Å². The molecule has 1 fully saturated rings. The van der Waals surface area contributed by atoms with Crippen molar-refractivity contribution in [2.24, 2.45) is 0 Å². The van der Waals surface area contributed by atoms with E-state index in [4.69, 9.17) is 26.9 Å². The molecular weight excluding hydrogens is 444 g/mol. The van der Waals surface area contributed by atoms with Crippen molar-refractivity contribution in [3.05, 3.63) is 76.9 Å². The maximum absolute atomic E-state index is 5.56. The van der Waals surface area contributed by atoms with E-state index in [1.807, 2.05) is 0 Å². The van der Waals surface area contributed by atoms with E-state index in [1.54, 1.807) is 0 Å². The predicted molar refractivity (Wildman–Crippen MR) is 140 cm³/mol. The van der Waals surface area contributed by atoms with Crippen LogP contribution in [0.15, 0.2) is 54.6 Å². The van der Waals surface area contributed by atoms with Gasteiger partial charge in [-0.2, -0.15) is 9.97 Å². The highest BCUT2D eigenvalue weighted by Gasteiger charge is 2.21. The van der Waals surface area contributed by atoms with Crippen LogP contribution in [0.2, 0.25) is 0 Å². The second-order valence-electron chi connectivity index (χ2n) is 8.74. The molecule has 0 aliphatic carbocycles. The SMILES string of the molecule is Cc1ccc(CNC(=S)Nc2nc(N3CCOCC3)cc(N3CCc4ccccc4C3)n2)cc1. The van der Waals surface area contributed by atoms with Crippen LogP contribution in [0.1, 0.15) is 22.3 Å². The molecule has 1 saturated heterocycles. The van der Waals surface area contributed by atoms with Gasteiger partial charge < -0.3 is 25.2 Å². The maximum Gasteiger partial charge on any atom is 0.232 e. The summed E-state index contributed by atoms with van der Waals surface area (Å²) in [4.78, 5) is 14.2. The fraction of sp³-hybridized carbons (Fsp3) is 0.346. The summed E-state index contributed by atoms with van der Waals surface area (Å²) in [5, 5.41) is 7.00. The fourth-order valence-corrected chi connectivity index (χ4v) is 4.48. The number of benzene rings is 2. The van der Waals surface area contributed by atoms with Crippen molar-refractivity contribution in [3.63, 3.8) is 0 Å². The summed E-state index contributed by atoms with van der Waals surface area (Å²) in [6.07, 6.45) is 1.01. The first kappa shape index (κ1) is 22.6. The third kappa shape index (κ3) is 5.46. The lowest BCUT2D eigenvalue weighted by Gasteiger charge is -2.32. The smallest absolute Gasteiger partial charge is 0.232 e. The second-order valence-corrected chi connectivity index (χ2v) is 9.15. The molecule has 7 nitrogen and oxygen atoms in total. The van der Waals surface area contributed by atoms with Gasteiger partial charge in [0, 0.05) is 38.8 Å². The van der Waals surface area contributed by atoms with Gasteiger partial charge in [-0.05, 0) is 42.3 Å². The number of anilines is 3. The van der Waals surface area contributed by atoms with E-state index < -0.39 is 0 Å². The summed E-state index contributed by atoms with van der Waals surface area (Å²) >= 11 is 5.56. The Bertz CT molecular complexity index is 1150. The van der Waals surface area contributed by atoms with Gasteiger partial charge in [0.15, 0.2) is 5.11 Å². The van der Waals surface area contributed by atoms with Crippen molar-refractivity contribution in [3.8, 4) is 0 Å². The Hall–Kier alpha value is -3.23. The zero-order valence-electron chi connectivity index (χ0n) is 19.5. The molecule has 0 bridgehead atoms. The third-order valence-corrected chi connectivity index (χ3v) is 6.53. The van der Waals surface area contributed by atoms with Crippen LogP contribution in [0.4, 0.5) is 17.6 Å². The van der Waals surface area contributed by atoms with E-state index >= 15 is 0 Å². The predicted octanol–water partition coefficient (Wildman–Crippen LogP) is 3.67. The molecule has 0 radical (unpaired) electrons. The zero-order valence-corrected chi connectivity index (χ0v) is 20.3. The molecule has 3 aromatic rings. The quantitative estimate of drug-likeness (QED) is 0.543. The van der Waals surface area contributed by atoms with Crippen LogP contribution in [-0.2, 0) is 24.2 Å². The molecular formula is C26H30N6OS. The number of fused-ring (bicyclic) bond motifs is 1. The summed E-state index contributed by atoms with van der Waals surface area (Å²) in [5.41, 5.74) is 5.18. The van der Waals surface area contributed by atoms with E-state index in [0.29, 0.717) is 30.8 Å². The lowest BCUT2D eigenvalue weighted by atomic mass is 10.00. The number of aryl methyl sites for hydroxylation is 1. The van der Waals surface area contributed by atoms with E-state index in [-0.39, 0.29) is 0 Å². The number of hydrogen-bond donors (Lipinski definition) is 2. The highest BCUT2D eigenvalue weighted by Crippen LogP contribution is 2.27. The Kier molecular flexibility index (Phi) is 6.87. The van der Waals surface area contributed by atoms with Crippen LogP contribution < -0.4 is 20.4 Å². The Morgan fingerprint density at radius 2 is 1.65 bits per heavy atom. The van der Waals surface area contributed by atoms with Gasteiger partial charge >= 0.3 is 0 Å². The number of morpholine rings is 1. The van der Waals surface area contributed by atoms with Gasteiger partial charge in [0.05, 0.1) is 13.2 Å². The van der Waals surface area contributed by atoms with Crippen LogP contribution >= 0.6 is 12.2 Å². The molecule has 8 heteroatoms. The summed E-state index contributed by atoms with van der Waals surface area (Å²) in [6, 6.07) is 19.1. The molecule has 0 atom stereocenters. The number of aromatic nitrogens is 2. The van der Waals surface area contributed by atoms with Gasteiger partial charge in [-0.3, -0.25) is 0 Å². The van der Waals surface area contributed by atoms with E-state index in [9.17, 15) is 0 Å². The minimum Gasteiger partial charge on any atom is -0.378 e. The van der Waals surface area contributed by atoms with Crippen molar-refractivity contribution < 1.29 is 4.74 Å². The van der Waals surface area contributed by atoms with Crippen molar-refractivity contribution in [1.29, 1.82) is 0 Å². The zero-order chi connectivity index (χ0) is 23.3. The standard InChI is InChI=1S/C26H30N6OS/c1-19-6-8-20(9-7-19)17-27-26(34)30-25-28-23(31-12-14-33-15-13-31)16-24(29-25)32-11-10-21-4-2-3-5-22(21)18-32/h2-9,16H,10-15,17-18H2,1H3,(H2,27,28,29,30,34). The molecule has 5 rings (SSSR count). The highest BCUT2D eigenvalue weighted by molar-refractivity contribution is 7.80. The van der Waals surface area contributed by atoms with Crippen LogP contribution in [0.25, 0.3) is 0 Å². The summed E-state index contributed by atoms with van der Waals surface area (Å²) < 4.78 is 5.54. The second kappa shape index (κ2) is 10.4. The largest absolute Gasteiger partial charge is 0.378 e. The van der Waals surface area contributed by atoms with Gasteiger partial charge in [0.25, 0.3) is 0 Å². The summed E-state index contributed by atoms with van der Waals surface area (Å²) in [6.45, 7) is 7.53.